The van der Waals surface area contributed by atoms with E-state index in [1.165, 1.54) is 5.56 Å². The van der Waals surface area contributed by atoms with E-state index in [9.17, 15) is 5.11 Å². The molecule has 1 aliphatic carbocycles. The molecule has 2 fully saturated rings. The first kappa shape index (κ1) is 14.9. The van der Waals surface area contributed by atoms with Gasteiger partial charge in [-0.2, -0.15) is 0 Å². The summed E-state index contributed by atoms with van der Waals surface area (Å²) in [6.07, 6.45) is 9.67. The number of rotatable bonds is 5. The van der Waals surface area contributed by atoms with E-state index in [1.807, 2.05) is 25.6 Å². The number of methoxy groups -OCH3 is 1. The van der Waals surface area contributed by atoms with E-state index in [0.29, 0.717) is 6.04 Å². The number of hydrogen-bond acceptors (Lipinski definition) is 4. The highest BCUT2D eigenvalue weighted by molar-refractivity contribution is 5.09. The second-order valence-corrected chi connectivity index (χ2v) is 6.46. The molecule has 1 saturated heterocycles. The molecule has 21 heavy (non-hydrogen) atoms. The van der Waals surface area contributed by atoms with Crippen LogP contribution in [0.1, 0.15) is 37.7 Å². The number of aryl methyl sites for hydroxylation is 1. The fourth-order valence-electron chi connectivity index (χ4n) is 4.07. The Morgan fingerprint density at radius 3 is 3.14 bits per heavy atom. The molecule has 2 heterocycles. The van der Waals surface area contributed by atoms with E-state index in [-0.39, 0.29) is 11.7 Å². The highest BCUT2D eigenvalue weighted by Gasteiger charge is 2.50. The Labute approximate surface area is 127 Å². The van der Waals surface area contributed by atoms with Gasteiger partial charge in [0.1, 0.15) is 0 Å². The summed E-state index contributed by atoms with van der Waals surface area (Å²) in [4.78, 5) is 6.70. The van der Waals surface area contributed by atoms with Crippen LogP contribution in [0.4, 0.5) is 0 Å². The second kappa shape index (κ2) is 6.42. The Morgan fingerprint density at radius 2 is 2.38 bits per heavy atom. The molecule has 4 nitrogen and oxygen atoms in total. The summed E-state index contributed by atoms with van der Waals surface area (Å²) >= 11 is 0. The van der Waals surface area contributed by atoms with Crippen molar-refractivity contribution in [2.45, 2.75) is 56.3 Å². The van der Waals surface area contributed by atoms with Crippen LogP contribution in [0.5, 0.6) is 0 Å². The zero-order valence-electron chi connectivity index (χ0n) is 12.9. The van der Waals surface area contributed by atoms with Crippen molar-refractivity contribution in [3.05, 3.63) is 30.1 Å². The van der Waals surface area contributed by atoms with Crippen LogP contribution in [-0.2, 0) is 11.2 Å². The summed E-state index contributed by atoms with van der Waals surface area (Å²) in [5.74, 6) is 0. The molecule has 3 atom stereocenters. The minimum atomic E-state index is -0.155. The lowest BCUT2D eigenvalue weighted by molar-refractivity contribution is -0.0868. The molecule has 4 heteroatoms. The molecule has 116 valence electrons. The highest BCUT2D eigenvalue weighted by atomic mass is 16.5. The van der Waals surface area contributed by atoms with E-state index in [1.54, 1.807) is 0 Å². The topological polar surface area (TPSA) is 45.6 Å². The van der Waals surface area contributed by atoms with Crippen LogP contribution < -0.4 is 0 Å². The van der Waals surface area contributed by atoms with Crippen LogP contribution in [-0.4, -0.2) is 52.9 Å². The number of fused-ring (bicyclic) bond motifs is 1. The third kappa shape index (κ3) is 3.12. The van der Waals surface area contributed by atoms with Crippen molar-refractivity contribution in [3.8, 4) is 0 Å². The second-order valence-electron chi connectivity index (χ2n) is 6.46. The summed E-state index contributed by atoms with van der Waals surface area (Å²) < 4.78 is 5.88. The predicted octanol–water partition coefficient (Wildman–Crippen LogP) is 2.02. The lowest BCUT2D eigenvalue weighted by Gasteiger charge is -2.42. The molecule has 0 aromatic carbocycles. The quantitative estimate of drug-likeness (QED) is 0.901. The molecule has 0 spiro atoms. The van der Waals surface area contributed by atoms with Crippen molar-refractivity contribution in [1.29, 1.82) is 0 Å². The third-order valence-electron chi connectivity index (χ3n) is 5.31. The summed E-state index contributed by atoms with van der Waals surface area (Å²) in [5, 5.41) is 10.00. The number of aliphatic hydroxyl groups is 1. The number of aromatic nitrogens is 1. The van der Waals surface area contributed by atoms with Gasteiger partial charge in [-0.1, -0.05) is 6.07 Å². The molecular formula is C17H26N2O2. The van der Waals surface area contributed by atoms with Gasteiger partial charge in [-0.25, -0.2) is 0 Å². The molecule has 0 amide bonds. The van der Waals surface area contributed by atoms with Gasteiger partial charge in [0.2, 0.25) is 0 Å². The lowest BCUT2D eigenvalue weighted by Crippen LogP contribution is -2.51. The fraction of sp³-hybridized carbons (Fsp3) is 0.706. The molecule has 1 aliphatic heterocycles. The zero-order valence-corrected chi connectivity index (χ0v) is 12.9. The first-order valence-electron chi connectivity index (χ1n) is 8.10. The maximum absolute atomic E-state index is 10.00. The largest absolute Gasteiger partial charge is 0.393 e. The Morgan fingerprint density at radius 1 is 1.48 bits per heavy atom. The van der Waals surface area contributed by atoms with Crippen molar-refractivity contribution >= 4 is 0 Å². The van der Waals surface area contributed by atoms with E-state index < -0.39 is 0 Å². The molecule has 1 aromatic heterocycles. The van der Waals surface area contributed by atoms with E-state index >= 15 is 0 Å². The van der Waals surface area contributed by atoms with Gasteiger partial charge in [0.05, 0.1) is 11.7 Å². The number of likely N-dealkylation sites (tertiary alicyclic amines) is 1. The molecular weight excluding hydrogens is 264 g/mol. The van der Waals surface area contributed by atoms with Gasteiger partial charge in [-0.05, 0) is 56.7 Å². The van der Waals surface area contributed by atoms with Crippen LogP contribution in [0.15, 0.2) is 24.5 Å². The molecule has 1 saturated carbocycles. The average molecular weight is 290 g/mol. The SMILES string of the molecule is CO[C@@]12CC[C@@H](O)C[C@@H]1N(CCCc1cccnc1)CC2. The molecule has 3 rings (SSSR count). The minimum Gasteiger partial charge on any atom is -0.393 e. The van der Waals surface area contributed by atoms with Crippen molar-refractivity contribution in [2.24, 2.45) is 0 Å². The van der Waals surface area contributed by atoms with Gasteiger partial charge >= 0.3 is 0 Å². The summed E-state index contributed by atoms with van der Waals surface area (Å²) in [6.45, 7) is 2.18. The smallest absolute Gasteiger partial charge is 0.0847 e. The summed E-state index contributed by atoms with van der Waals surface area (Å²) in [5.41, 5.74) is 1.30. The molecule has 0 bridgehead atoms. The van der Waals surface area contributed by atoms with Gasteiger partial charge in [-0.3, -0.25) is 9.88 Å². The summed E-state index contributed by atoms with van der Waals surface area (Å²) in [6, 6.07) is 4.53. The fourth-order valence-corrected chi connectivity index (χ4v) is 4.07. The van der Waals surface area contributed by atoms with E-state index in [2.05, 4.69) is 16.0 Å². The van der Waals surface area contributed by atoms with Gasteiger partial charge in [0.15, 0.2) is 0 Å². The zero-order chi connectivity index (χ0) is 14.7. The first-order chi connectivity index (χ1) is 10.2. The maximum Gasteiger partial charge on any atom is 0.0847 e. The Balaban J connectivity index is 1.56. The molecule has 0 radical (unpaired) electrons. The Kier molecular flexibility index (Phi) is 4.57. The van der Waals surface area contributed by atoms with E-state index in [4.69, 9.17) is 4.74 Å². The van der Waals surface area contributed by atoms with Crippen molar-refractivity contribution < 1.29 is 9.84 Å². The normalized spacial score (nSPS) is 33.0. The van der Waals surface area contributed by atoms with Gasteiger partial charge in [-0.15, -0.1) is 0 Å². The number of ether oxygens (including phenoxy) is 1. The third-order valence-corrected chi connectivity index (χ3v) is 5.31. The average Bonchev–Trinajstić information content (AvgIpc) is 2.87. The van der Waals surface area contributed by atoms with Crippen LogP contribution in [0.2, 0.25) is 0 Å². The van der Waals surface area contributed by atoms with Crippen LogP contribution in [0.3, 0.4) is 0 Å². The number of aliphatic hydroxyl groups excluding tert-OH is 1. The highest BCUT2D eigenvalue weighted by Crippen LogP contribution is 2.42. The standard InChI is InChI=1S/C17H26N2O2/c1-21-17-7-6-15(20)12-16(17)19(11-8-17)10-3-5-14-4-2-9-18-13-14/h2,4,9,13,15-16,20H,3,5-8,10-12H2,1H3/t15-,16+,17-/m1/s1. The van der Waals surface area contributed by atoms with Crippen LogP contribution >= 0.6 is 0 Å². The monoisotopic (exact) mass is 290 g/mol. The number of nitrogens with zero attached hydrogens (tertiary/aromatic N) is 2. The first-order valence-corrected chi connectivity index (χ1v) is 8.10. The minimum absolute atomic E-state index is 0.00642. The van der Waals surface area contributed by atoms with Gasteiger partial charge < -0.3 is 9.84 Å². The molecule has 1 aromatic rings. The molecule has 2 aliphatic rings. The lowest BCUT2D eigenvalue weighted by atomic mass is 9.79. The van der Waals surface area contributed by atoms with Crippen molar-refractivity contribution in [1.82, 2.24) is 9.88 Å². The van der Waals surface area contributed by atoms with Gasteiger partial charge in [0.25, 0.3) is 0 Å². The molecule has 1 N–H and O–H groups in total. The maximum atomic E-state index is 10.00. The molecule has 0 unspecified atom stereocenters. The Bertz CT molecular complexity index is 453. The summed E-state index contributed by atoms with van der Waals surface area (Å²) in [7, 11) is 1.84. The number of pyridine rings is 1. The number of hydrogen-bond donors (Lipinski definition) is 1. The van der Waals surface area contributed by atoms with Crippen LogP contribution in [0.25, 0.3) is 0 Å². The van der Waals surface area contributed by atoms with Crippen LogP contribution in [0, 0.1) is 0 Å². The van der Waals surface area contributed by atoms with Crippen molar-refractivity contribution in [3.63, 3.8) is 0 Å². The van der Waals surface area contributed by atoms with Crippen molar-refractivity contribution in [2.75, 3.05) is 20.2 Å². The predicted molar refractivity (Wildman–Crippen MR) is 82.1 cm³/mol. The van der Waals surface area contributed by atoms with Gasteiger partial charge in [0, 0.05) is 32.1 Å². The van der Waals surface area contributed by atoms with E-state index in [0.717, 1.165) is 51.6 Å². The Hall–Kier alpha value is -0.970.